The van der Waals surface area contributed by atoms with E-state index in [0.29, 0.717) is 37.6 Å². The lowest BCUT2D eigenvalue weighted by Crippen LogP contribution is -2.44. The molecule has 0 aliphatic carbocycles. The molecule has 0 bridgehead atoms. The Balaban J connectivity index is 1.59. The van der Waals surface area contributed by atoms with Gasteiger partial charge < -0.3 is 25.4 Å². The molecule has 2 aromatic rings. The predicted molar refractivity (Wildman–Crippen MR) is 115 cm³/mol. The van der Waals surface area contributed by atoms with Gasteiger partial charge in [-0.25, -0.2) is 0 Å². The number of aromatic hydroxyl groups is 1. The van der Waals surface area contributed by atoms with E-state index in [1.54, 1.807) is 6.07 Å². The van der Waals surface area contributed by atoms with Crippen molar-refractivity contribution in [2.45, 2.75) is 25.8 Å². The number of nitrogens with zero attached hydrogens (tertiary/aromatic N) is 2. The average Bonchev–Trinajstić information content (AvgIpc) is 3.10. The lowest BCUT2D eigenvalue weighted by atomic mass is 10.1. The van der Waals surface area contributed by atoms with Gasteiger partial charge in [-0.2, -0.15) is 0 Å². The van der Waals surface area contributed by atoms with Crippen LogP contribution in [0.2, 0.25) is 0 Å². The zero-order chi connectivity index (χ0) is 20.6. The van der Waals surface area contributed by atoms with Crippen LogP contribution in [0.15, 0.2) is 53.5 Å². The standard InChI is InChI=1S/C22H28N4O3/c1-3-23-22(24-12-11-16-9-10-19(27)20(13-16)29-2)25-17-14-21(28)26(15-17)18-7-5-4-6-8-18/h4-10,13,17,27H,3,11-12,14-15H2,1-2H3,(H2,23,24,25). The first-order valence-corrected chi connectivity index (χ1v) is 9.87. The van der Waals surface area contributed by atoms with E-state index in [-0.39, 0.29) is 17.7 Å². The quantitative estimate of drug-likeness (QED) is 0.494. The summed E-state index contributed by atoms with van der Waals surface area (Å²) in [5.41, 5.74) is 1.95. The third kappa shape index (κ3) is 5.40. The number of carbonyl (C=O) groups excluding carboxylic acids is 1. The van der Waals surface area contributed by atoms with Crippen molar-refractivity contribution in [2.24, 2.45) is 4.99 Å². The first-order chi connectivity index (χ1) is 14.1. The summed E-state index contributed by atoms with van der Waals surface area (Å²) >= 11 is 0. The number of hydrogen-bond acceptors (Lipinski definition) is 4. The topological polar surface area (TPSA) is 86.2 Å². The van der Waals surface area contributed by atoms with Crippen LogP contribution >= 0.6 is 0 Å². The van der Waals surface area contributed by atoms with E-state index in [2.05, 4.69) is 15.6 Å². The SMILES string of the molecule is CCNC(=NCCc1ccc(O)c(OC)c1)NC1CC(=O)N(c2ccccc2)C1. The molecule has 7 heteroatoms. The van der Waals surface area contributed by atoms with Crippen LogP contribution in [0.1, 0.15) is 18.9 Å². The van der Waals surface area contributed by atoms with Gasteiger partial charge in [0, 0.05) is 31.7 Å². The summed E-state index contributed by atoms with van der Waals surface area (Å²) in [5.74, 6) is 1.40. The molecule has 1 unspecified atom stereocenters. The van der Waals surface area contributed by atoms with Gasteiger partial charge in [0.2, 0.25) is 5.91 Å². The Morgan fingerprint density at radius 1 is 1.28 bits per heavy atom. The number of phenolic OH excluding ortho intramolecular Hbond substituents is 1. The van der Waals surface area contributed by atoms with Gasteiger partial charge >= 0.3 is 0 Å². The predicted octanol–water partition coefficient (Wildman–Crippen LogP) is 2.30. The number of carbonyl (C=O) groups is 1. The molecule has 1 heterocycles. The van der Waals surface area contributed by atoms with E-state index < -0.39 is 0 Å². The first kappa shape index (κ1) is 20.5. The number of amides is 1. The molecule has 1 aliphatic heterocycles. The van der Waals surface area contributed by atoms with Gasteiger partial charge in [0.15, 0.2) is 17.5 Å². The van der Waals surface area contributed by atoms with Crippen LogP contribution in [0.3, 0.4) is 0 Å². The van der Waals surface area contributed by atoms with Gasteiger partial charge in [-0.3, -0.25) is 9.79 Å². The molecule has 0 saturated carbocycles. The molecule has 2 aromatic carbocycles. The van der Waals surface area contributed by atoms with Gasteiger partial charge in [-0.05, 0) is 43.2 Å². The minimum absolute atomic E-state index is 0.00859. The molecular formula is C22H28N4O3. The van der Waals surface area contributed by atoms with Crippen molar-refractivity contribution < 1.29 is 14.6 Å². The zero-order valence-electron chi connectivity index (χ0n) is 16.9. The lowest BCUT2D eigenvalue weighted by molar-refractivity contribution is -0.117. The fourth-order valence-electron chi connectivity index (χ4n) is 3.35. The maximum absolute atomic E-state index is 12.4. The molecule has 1 saturated heterocycles. The summed E-state index contributed by atoms with van der Waals surface area (Å²) in [6.45, 7) is 3.94. The Morgan fingerprint density at radius 3 is 2.79 bits per heavy atom. The average molecular weight is 396 g/mol. The Hall–Kier alpha value is -3.22. The number of hydrogen-bond donors (Lipinski definition) is 3. The van der Waals surface area contributed by atoms with E-state index >= 15 is 0 Å². The number of benzene rings is 2. The number of ether oxygens (including phenoxy) is 1. The van der Waals surface area contributed by atoms with Crippen molar-refractivity contribution >= 4 is 17.6 Å². The van der Waals surface area contributed by atoms with Crippen LogP contribution in [-0.4, -0.2) is 49.8 Å². The van der Waals surface area contributed by atoms with E-state index in [1.165, 1.54) is 7.11 Å². The second kappa shape index (κ2) is 9.82. The lowest BCUT2D eigenvalue weighted by Gasteiger charge is -2.19. The highest BCUT2D eigenvalue weighted by Crippen LogP contribution is 2.26. The smallest absolute Gasteiger partial charge is 0.229 e. The van der Waals surface area contributed by atoms with Gasteiger partial charge in [0.25, 0.3) is 0 Å². The van der Waals surface area contributed by atoms with Gasteiger partial charge in [-0.15, -0.1) is 0 Å². The van der Waals surface area contributed by atoms with Crippen LogP contribution in [-0.2, 0) is 11.2 Å². The molecule has 0 spiro atoms. The molecule has 0 aromatic heterocycles. The third-order valence-electron chi connectivity index (χ3n) is 4.79. The molecule has 154 valence electrons. The van der Waals surface area contributed by atoms with Crippen molar-refractivity contribution in [3.63, 3.8) is 0 Å². The second-order valence-corrected chi connectivity index (χ2v) is 6.90. The summed E-state index contributed by atoms with van der Waals surface area (Å²) in [4.78, 5) is 18.8. The minimum Gasteiger partial charge on any atom is -0.504 e. The fourth-order valence-corrected chi connectivity index (χ4v) is 3.35. The highest BCUT2D eigenvalue weighted by atomic mass is 16.5. The molecule has 1 aliphatic rings. The van der Waals surface area contributed by atoms with Gasteiger partial charge in [0.05, 0.1) is 13.2 Å². The number of anilines is 1. The van der Waals surface area contributed by atoms with E-state index in [4.69, 9.17) is 4.74 Å². The minimum atomic E-state index is 0.00859. The summed E-state index contributed by atoms with van der Waals surface area (Å²) < 4.78 is 5.15. The molecule has 0 radical (unpaired) electrons. The Labute approximate surface area is 171 Å². The highest BCUT2D eigenvalue weighted by Gasteiger charge is 2.31. The Morgan fingerprint density at radius 2 is 2.07 bits per heavy atom. The van der Waals surface area contributed by atoms with Crippen molar-refractivity contribution in [1.82, 2.24) is 10.6 Å². The van der Waals surface area contributed by atoms with Crippen molar-refractivity contribution in [3.8, 4) is 11.5 Å². The number of phenols is 1. The van der Waals surface area contributed by atoms with E-state index in [9.17, 15) is 9.90 Å². The molecule has 3 rings (SSSR count). The molecule has 1 fully saturated rings. The van der Waals surface area contributed by atoms with Crippen molar-refractivity contribution in [3.05, 3.63) is 54.1 Å². The van der Waals surface area contributed by atoms with Gasteiger partial charge in [-0.1, -0.05) is 24.3 Å². The normalized spacial score (nSPS) is 16.8. The van der Waals surface area contributed by atoms with Crippen molar-refractivity contribution in [1.29, 1.82) is 0 Å². The van der Waals surface area contributed by atoms with Crippen molar-refractivity contribution in [2.75, 3.05) is 31.6 Å². The largest absolute Gasteiger partial charge is 0.504 e. The highest BCUT2D eigenvalue weighted by molar-refractivity contribution is 5.97. The Kier molecular flexibility index (Phi) is 6.94. The number of nitrogens with one attached hydrogen (secondary N) is 2. The number of methoxy groups -OCH3 is 1. The molecule has 1 amide bonds. The molecular weight excluding hydrogens is 368 g/mol. The monoisotopic (exact) mass is 396 g/mol. The number of para-hydroxylation sites is 1. The van der Waals surface area contributed by atoms with E-state index in [1.807, 2.05) is 54.3 Å². The molecule has 29 heavy (non-hydrogen) atoms. The van der Waals surface area contributed by atoms with Crippen LogP contribution < -0.4 is 20.3 Å². The molecule has 1 atom stereocenters. The number of rotatable bonds is 7. The Bertz CT molecular complexity index is 854. The third-order valence-corrected chi connectivity index (χ3v) is 4.79. The summed E-state index contributed by atoms with van der Waals surface area (Å²) in [5, 5.41) is 16.3. The summed E-state index contributed by atoms with van der Waals surface area (Å²) in [6.07, 6.45) is 1.15. The van der Waals surface area contributed by atoms with Gasteiger partial charge in [0.1, 0.15) is 0 Å². The van der Waals surface area contributed by atoms with Crippen LogP contribution in [0.25, 0.3) is 0 Å². The summed E-state index contributed by atoms with van der Waals surface area (Å²) in [7, 11) is 1.53. The molecule has 3 N–H and O–H groups in total. The summed E-state index contributed by atoms with van der Waals surface area (Å²) in [6, 6.07) is 15.0. The fraction of sp³-hybridized carbons (Fsp3) is 0.364. The van der Waals surface area contributed by atoms with Crippen LogP contribution in [0.4, 0.5) is 5.69 Å². The molecule has 7 nitrogen and oxygen atoms in total. The maximum Gasteiger partial charge on any atom is 0.229 e. The van der Waals surface area contributed by atoms with E-state index in [0.717, 1.165) is 17.8 Å². The number of aliphatic imine (C=N–C) groups is 1. The first-order valence-electron chi connectivity index (χ1n) is 9.87. The number of guanidine groups is 1. The van der Waals surface area contributed by atoms with Crippen LogP contribution in [0.5, 0.6) is 11.5 Å². The van der Waals surface area contributed by atoms with Crippen LogP contribution in [0, 0.1) is 0 Å². The second-order valence-electron chi connectivity index (χ2n) is 6.90. The zero-order valence-corrected chi connectivity index (χ0v) is 16.9. The maximum atomic E-state index is 12.4.